The monoisotopic (exact) mass is 581 g/mol. The molecule has 218 valence electrons. The third kappa shape index (κ3) is 6.83. The molecule has 2 unspecified atom stereocenters. The number of carbonyl (C=O) groups is 4. The van der Waals surface area contributed by atoms with E-state index in [9.17, 15) is 43.2 Å². The number of urea groups is 1. The van der Waals surface area contributed by atoms with Crippen LogP contribution in [0.5, 0.6) is 0 Å². The van der Waals surface area contributed by atoms with Crippen LogP contribution in [0.15, 0.2) is 66.7 Å². The average molecular weight is 582 g/mol. The van der Waals surface area contributed by atoms with Crippen molar-refractivity contribution >= 4 is 35.2 Å². The molecule has 2 atom stereocenters. The van der Waals surface area contributed by atoms with Crippen LogP contribution in [-0.2, 0) is 9.59 Å². The fourth-order valence-electron chi connectivity index (χ4n) is 4.54. The zero-order chi connectivity index (χ0) is 30.6. The van der Waals surface area contributed by atoms with Crippen molar-refractivity contribution in [2.45, 2.75) is 25.6 Å². The standard InChI is InChI=1S/C28H25F2N5O7/c1-16-5-7-21(8-6-16)31-28(40)34-10-9-33(27(39)18-11-19(29)14-20(30)12-18)26(34)25(38)32-23(15-24(36)37)17-3-2-4-22(13-17)35(41)42/h2-8,11-14,23,26H,9-10,15H2,1H3,(H,31,40)(H,32,38)(H,36,37). The van der Waals surface area contributed by atoms with E-state index in [0.29, 0.717) is 11.8 Å². The van der Waals surface area contributed by atoms with Gasteiger partial charge in [0, 0.05) is 42.5 Å². The van der Waals surface area contributed by atoms with E-state index >= 15 is 0 Å². The molecule has 0 aliphatic carbocycles. The molecular weight excluding hydrogens is 556 g/mol. The molecule has 1 saturated heterocycles. The number of nitrogens with zero attached hydrogens (tertiary/aromatic N) is 3. The van der Waals surface area contributed by atoms with Crippen molar-refractivity contribution in [2.24, 2.45) is 0 Å². The third-order valence-corrected chi connectivity index (χ3v) is 6.52. The summed E-state index contributed by atoms with van der Waals surface area (Å²) in [4.78, 5) is 64.5. The molecular formula is C28H25F2N5O7. The van der Waals surface area contributed by atoms with Crippen molar-refractivity contribution < 1.29 is 38.0 Å². The summed E-state index contributed by atoms with van der Waals surface area (Å²) in [6, 6.07) is 11.8. The predicted octanol–water partition coefficient (Wildman–Crippen LogP) is 3.83. The van der Waals surface area contributed by atoms with Gasteiger partial charge < -0.3 is 20.6 Å². The Morgan fingerprint density at radius 3 is 2.26 bits per heavy atom. The molecule has 3 N–H and O–H groups in total. The van der Waals surface area contributed by atoms with E-state index in [-0.39, 0.29) is 24.3 Å². The van der Waals surface area contributed by atoms with Crippen molar-refractivity contribution in [3.05, 3.63) is 105 Å². The van der Waals surface area contributed by atoms with Gasteiger partial charge in [-0.2, -0.15) is 0 Å². The Hall–Kier alpha value is -5.40. The maximum atomic E-state index is 13.9. The van der Waals surface area contributed by atoms with Gasteiger partial charge in [-0.15, -0.1) is 0 Å². The quantitative estimate of drug-likeness (QED) is 0.269. The van der Waals surface area contributed by atoms with Gasteiger partial charge in [0.05, 0.1) is 17.4 Å². The summed E-state index contributed by atoms with van der Waals surface area (Å²) < 4.78 is 27.8. The summed E-state index contributed by atoms with van der Waals surface area (Å²) >= 11 is 0. The average Bonchev–Trinajstić information content (AvgIpc) is 3.38. The third-order valence-electron chi connectivity index (χ3n) is 6.52. The molecule has 4 amide bonds. The summed E-state index contributed by atoms with van der Waals surface area (Å²) in [5.41, 5.74) is 0.658. The first-order chi connectivity index (χ1) is 19.9. The highest BCUT2D eigenvalue weighted by molar-refractivity contribution is 6.00. The Morgan fingerprint density at radius 1 is 1.00 bits per heavy atom. The van der Waals surface area contributed by atoms with Crippen LogP contribution in [-0.4, -0.2) is 62.9 Å². The van der Waals surface area contributed by atoms with E-state index in [0.717, 1.165) is 33.6 Å². The van der Waals surface area contributed by atoms with Crippen molar-refractivity contribution in [2.75, 3.05) is 18.4 Å². The number of aryl methyl sites for hydroxylation is 1. The molecule has 3 aromatic rings. The zero-order valence-electron chi connectivity index (χ0n) is 22.1. The zero-order valence-corrected chi connectivity index (χ0v) is 22.1. The van der Waals surface area contributed by atoms with Crippen LogP contribution in [0.3, 0.4) is 0 Å². The van der Waals surface area contributed by atoms with Crippen LogP contribution in [0.2, 0.25) is 0 Å². The fourth-order valence-corrected chi connectivity index (χ4v) is 4.54. The van der Waals surface area contributed by atoms with Crippen LogP contribution >= 0.6 is 0 Å². The summed E-state index contributed by atoms with van der Waals surface area (Å²) in [6.07, 6.45) is -2.35. The number of carbonyl (C=O) groups excluding carboxylic acids is 3. The van der Waals surface area contributed by atoms with Crippen LogP contribution in [0.25, 0.3) is 0 Å². The van der Waals surface area contributed by atoms with Crippen molar-refractivity contribution in [1.82, 2.24) is 15.1 Å². The topological polar surface area (TPSA) is 162 Å². The van der Waals surface area contributed by atoms with E-state index in [2.05, 4.69) is 10.6 Å². The molecule has 12 nitrogen and oxygen atoms in total. The maximum absolute atomic E-state index is 13.9. The molecule has 42 heavy (non-hydrogen) atoms. The smallest absolute Gasteiger partial charge is 0.323 e. The number of nitro benzene ring substituents is 1. The fraction of sp³-hybridized carbons (Fsp3) is 0.214. The number of benzene rings is 3. The number of carboxylic acids is 1. The number of nitro groups is 1. The summed E-state index contributed by atoms with van der Waals surface area (Å²) in [5.74, 6) is -5.34. The molecule has 0 aromatic heterocycles. The Bertz CT molecular complexity index is 1530. The number of amides is 4. The molecule has 1 heterocycles. The largest absolute Gasteiger partial charge is 0.481 e. The highest BCUT2D eigenvalue weighted by atomic mass is 19.1. The van der Waals surface area contributed by atoms with Gasteiger partial charge in [0.25, 0.3) is 17.5 Å². The molecule has 0 bridgehead atoms. The lowest BCUT2D eigenvalue weighted by atomic mass is 10.0. The summed E-state index contributed by atoms with van der Waals surface area (Å²) in [5, 5.41) is 25.9. The number of nitrogens with one attached hydrogen (secondary N) is 2. The second-order valence-corrected chi connectivity index (χ2v) is 9.53. The number of carboxylic acid groups (broad SMARTS) is 1. The molecule has 0 spiro atoms. The molecule has 0 radical (unpaired) electrons. The SMILES string of the molecule is Cc1ccc(NC(=O)N2CCN(C(=O)c3cc(F)cc(F)c3)C2C(=O)NC(CC(=O)O)c2cccc([N+](=O)[O-])c2)cc1. The van der Waals surface area contributed by atoms with E-state index in [4.69, 9.17) is 0 Å². The van der Waals surface area contributed by atoms with Gasteiger partial charge in [0.1, 0.15) is 11.6 Å². The molecule has 1 aliphatic heterocycles. The second-order valence-electron chi connectivity index (χ2n) is 9.53. The first kappa shape index (κ1) is 29.6. The Labute approximate surface area is 237 Å². The highest BCUT2D eigenvalue weighted by Gasteiger charge is 2.44. The second kappa shape index (κ2) is 12.4. The molecule has 0 saturated carbocycles. The van der Waals surface area contributed by atoms with Crippen molar-refractivity contribution in [1.29, 1.82) is 0 Å². The molecule has 3 aromatic carbocycles. The van der Waals surface area contributed by atoms with Gasteiger partial charge >= 0.3 is 12.0 Å². The van der Waals surface area contributed by atoms with Crippen LogP contribution in [0, 0.1) is 28.7 Å². The summed E-state index contributed by atoms with van der Waals surface area (Å²) in [7, 11) is 0. The highest BCUT2D eigenvalue weighted by Crippen LogP contribution is 2.25. The van der Waals surface area contributed by atoms with Crippen LogP contribution in [0.4, 0.5) is 25.0 Å². The first-order valence-electron chi connectivity index (χ1n) is 12.6. The van der Waals surface area contributed by atoms with Gasteiger partial charge in [-0.1, -0.05) is 29.8 Å². The molecule has 1 aliphatic rings. The van der Waals surface area contributed by atoms with Gasteiger partial charge in [-0.25, -0.2) is 13.6 Å². The molecule has 4 rings (SSSR count). The summed E-state index contributed by atoms with van der Waals surface area (Å²) in [6.45, 7) is 1.50. The van der Waals surface area contributed by atoms with Gasteiger partial charge in [0.15, 0.2) is 6.17 Å². The molecule has 1 fully saturated rings. The maximum Gasteiger partial charge on any atom is 0.323 e. The lowest BCUT2D eigenvalue weighted by Gasteiger charge is -2.31. The number of hydrogen-bond donors (Lipinski definition) is 3. The van der Waals surface area contributed by atoms with E-state index in [1.165, 1.54) is 18.2 Å². The molecule has 14 heteroatoms. The number of rotatable bonds is 8. The van der Waals surface area contributed by atoms with E-state index in [1.807, 2.05) is 6.92 Å². The van der Waals surface area contributed by atoms with Crippen LogP contribution in [0.1, 0.15) is 33.9 Å². The predicted molar refractivity (Wildman–Crippen MR) is 144 cm³/mol. The minimum atomic E-state index is -1.66. The minimum Gasteiger partial charge on any atom is -0.481 e. The van der Waals surface area contributed by atoms with Crippen molar-refractivity contribution in [3.8, 4) is 0 Å². The number of halogens is 2. The number of hydrogen-bond acceptors (Lipinski definition) is 6. The number of aliphatic carboxylic acids is 1. The first-order valence-corrected chi connectivity index (χ1v) is 12.6. The van der Waals surface area contributed by atoms with Gasteiger partial charge in [-0.3, -0.25) is 29.4 Å². The van der Waals surface area contributed by atoms with Gasteiger partial charge in [0.2, 0.25) is 0 Å². The van der Waals surface area contributed by atoms with Crippen LogP contribution < -0.4 is 10.6 Å². The normalized spacial score (nSPS) is 15.2. The number of non-ortho nitro benzene ring substituents is 1. The Balaban J connectivity index is 1.68. The lowest BCUT2D eigenvalue weighted by molar-refractivity contribution is -0.384. The van der Waals surface area contributed by atoms with E-state index < -0.39 is 64.6 Å². The minimum absolute atomic E-state index is 0.0960. The Kier molecular flexibility index (Phi) is 8.74. The number of anilines is 1. The van der Waals surface area contributed by atoms with E-state index in [1.54, 1.807) is 24.3 Å². The Morgan fingerprint density at radius 2 is 1.64 bits per heavy atom. The van der Waals surface area contributed by atoms with Crippen molar-refractivity contribution in [3.63, 3.8) is 0 Å². The van der Waals surface area contributed by atoms with Gasteiger partial charge in [-0.05, 0) is 36.8 Å². The lowest BCUT2D eigenvalue weighted by Crippen LogP contribution is -2.55.